The molecular weight excluding hydrogens is 361 g/mol. The van der Waals surface area contributed by atoms with E-state index in [-0.39, 0.29) is 17.6 Å². The first-order chi connectivity index (χ1) is 12.0. The van der Waals surface area contributed by atoms with Crippen molar-refractivity contribution in [3.05, 3.63) is 57.9 Å². The van der Waals surface area contributed by atoms with Crippen LogP contribution >= 0.6 is 22.7 Å². The SMILES string of the molecule is CC(NC(=O)c1cccs1)C(=O)Nc1nc(-c2ccc(F)cc2)cs1. The summed E-state index contributed by atoms with van der Waals surface area (Å²) in [6.07, 6.45) is 0. The van der Waals surface area contributed by atoms with Crippen LogP contribution in [0.3, 0.4) is 0 Å². The van der Waals surface area contributed by atoms with Crippen molar-refractivity contribution in [3.63, 3.8) is 0 Å². The molecule has 3 aromatic rings. The van der Waals surface area contributed by atoms with Gasteiger partial charge in [0.25, 0.3) is 5.91 Å². The molecule has 0 aliphatic carbocycles. The number of halogens is 1. The molecule has 0 aliphatic rings. The summed E-state index contributed by atoms with van der Waals surface area (Å²) < 4.78 is 13.0. The summed E-state index contributed by atoms with van der Waals surface area (Å²) in [7, 11) is 0. The van der Waals surface area contributed by atoms with Gasteiger partial charge in [-0.05, 0) is 42.6 Å². The second-order valence-corrected chi connectivity index (χ2v) is 7.01. The van der Waals surface area contributed by atoms with E-state index in [1.807, 2.05) is 0 Å². The van der Waals surface area contributed by atoms with Gasteiger partial charge in [0, 0.05) is 10.9 Å². The van der Waals surface area contributed by atoms with E-state index in [1.165, 1.54) is 34.8 Å². The van der Waals surface area contributed by atoms with E-state index in [2.05, 4.69) is 15.6 Å². The van der Waals surface area contributed by atoms with Crippen LogP contribution in [0.4, 0.5) is 9.52 Å². The van der Waals surface area contributed by atoms with Crippen molar-refractivity contribution in [2.45, 2.75) is 13.0 Å². The van der Waals surface area contributed by atoms with Gasteiger partial charge in [-0.15, -0.1) is 22.7 Å². The highest BCUT2D eigenvalue weighted by molar-refractivity contribution is 7.14. The normalized spacial score (nSPS) is 11.8. The predicted octanol–water partition coefficient (Wildman–Crippen LogP) is 3.77. The number of nitrogens with zero attached hydrogens (tertiary/aromatic N) is 1. The summed E-state index contributed by atoms with van der Waals surface area (Å²) in [5, 5.41) is 9.31. The fourth-order valence-electron chi connectivity index (χ4n) is 2.04. The largest absolute Gasteiger partial charge is 0.340 e. The van der Waals surface area contributed by atoms with E-state index < -0.39 is 6.04 Å². The van der Waals surface area contributed by atoms with E-state index >= 15 is 0 Å². The van der Waals surface area contributed by atoms with Gasteiger partial charge in [-0.3, -0.25) is 9.59 Å². The maximum absolute atomic E-state index is 13.0. The number of thiazole rings is 1. The number of carbonyl (C=O) groups is 2. The van der Waals surface area contributed by atoms with E-state index in [1.54, 1.807) is 41.9 Å². The molecule has 0 radical (unpaired) electrons. The first-order valence-electron chi connectivity index (χ1n) is 7.39. The van der Waals surface area contributed by atoms with Crippen LogP contribution in [0.25, 0.3) is 11.3 Å². The molecule has 2 amide bonds. The molecule has 0 saturated carbocycles. The van der Waals surface area contributed by atoms with Crippen LogP contribution in [0.1, 0.15) is 16.6 Å². The average molecular weight is 375 g/mol. The van der Waals surface area contributed by atoms with Crippen molar-refractivity contribution < 1.29 is 14.0 Å². The number of hydrogen-bond donors (Lipinski definition) is 2. The van der Waals surface area contributed by atoms with Crippen molar-refractivity contribution >= 4 is 39.6 Å². The number of hydrogen-bond acceptors (Lipinski definition) is 5. The fraction of sp³-hybridized carbons (Fsp3) is 0.118. The zero-order valence-corrected chi connectivity index (χ0v) is 14.8. The third-order valence-corrected chi connectivity index (χ3v) is 4.99. The van der Waals surface area contributed by atoms with Crippen LogP contribution in [-0.2, 0) is 4.79 Å². The van der Waals surface area contributed by atoms with E-state index in [0.717, 1.165) is 5.56 Å². The summed E-state index contributed by atoms with van der Waals surface area (Å²) in [6, 6.07) is 8.73. The second kappa shape index (κ2) is 7.54. The zero-order chi connectivity index (χ0) is 17.8. The van der Waals surface area contributed by atoms with Gasteiger partial charge in [-0.2, -0.15) is 0 Å². The number of carbonyl (C=O) groups excluding carboxylic acids is 2. The number of thiophene rings is 1. The van der Waals surface area contributed by atoms with Crippen LogP contribution in [0, 0.1) is 5.82 Å². The molecule has 25 heavy (non-hydrogen) atoms. The summed E-state index contributed by atoms with van der Waals surface area (Å²) in [4.78, 5) is 29.0. The third kappa shape index (κ3) is 4.28. The molecule has 1 aromatic carbocycles. The molecule has 2 aromatic heterocycles. The van der Waals surface area contributed by atoms with Crippen LogP contribution < -0.4 is 10.6 Å². The topological polar surface area (TPSA) is 71.1 Å². The minimum Gasteiger partial charge on any atom is -0.340 e. The van der Waals surface area contributed by atoms with Crippen molar-refractivity contribution in [1.29, 1.82) is 0 Å². The molecule has 0 bridgehead atoms. The Balaban J connectivity index is 1.61. The minimum atomic E-state index is -0.701. The van der Waals surface area contributed by atoms with Crippen molar-refractivity contribution in [1.82, 2.24) is 10.3 Å². The molecule has 0 spiro atoms. The molecule has 3 rings (SSSR count). The Bertz CT molecular complexity index is 876. The van der Waals surface area contributed by atoms with E-state index in [0.29, 0.717) is 15.7 Å². The summed E-state index contributed by atoms with van der Waals surface area (Å²) in [6.45, 7) is 1.61. The Kier molecular flexibility index (Phi) is 5.20. The van der Waals surface area contributed by atoms with Gasteiger partial charge >= 0.3 is 0 Å². The predicted molar refractivity (Wildman–Crippen MR) is 97.4 cm³/mol. The van der Waals surface area contributed by atoms with Crippen molar-refractivity contribution in [2.24, 2.45) is 0 Å². The average Bonchev–Trinajstić information content (AvgIpc) is 3.27. The number of rotatable bonds is 5. The highest BCUT2D eigenvalue weighted by Crippen LogP contribution is 2.25. The van der Waals surface area contributed by atoms with E-state index in [4.69, 9.17) is 0 Å². The number of nitrogens with one attached hydrogen (secondary N) is 2. The second-order valence-electron chi connectivity index (χ2n) is 5.21. The zero-order valence-electron chi connectivity index (χ0n) is 13.2. The maximum atomic E-state index is 13.0. The van der Waals surface area contributed by atoms with Crippen molar-refractivity contribution in [2.75, 3.05) is 5.32 Å². The molecule has 0 saturated heterocycles. The lowest BCUT2D eigenvalue weighted by Crippen LogP contribution is -2.41. The van der Waals surface area contributed by atoms with E-state index in [9.17, 15) is 14.0 Å². The van der Waals surface area contributed by atoms with Gasteiger partial charge < -0.3 is 10.6 Å². The molecule has 8 heteroatoms. The van der Waals surface area contributed by atoms with Gasteiger partial charge in [0.05, 0.1) is 10.6 Å². The summed E-state index contributed by atoms with van der Waals surface area (Å²) >= 11 is 2.57. The number of amides is 2. The van der Waals surface area contributed by atoms with Gasteiger partial charge in [-0.25, -0.2) is 9.37 Å². The Morgan fingerprint density at radius 3 is 2.60 bits per heavy atom. The lowest BCUT2D eigenvalue weighted by atomic mass is 10.2. The number of aromatic nitrogens is 1. The smallest absolute Gasteiger partial charge is 0.261 e. The summed E-state index contributed by atoms with van der Waals surface area (Å²) in [5.41, 5.74) is 1.41. The fourth-order valence-corrected chi connectivity index (χ4v) is 3.39. The van der Waals surface area contributed by atoms with Gasteiger partial charge in [0.15, 0.2) is 5.13 Å². The lowest BCUT2D eigenvalue weighted by molar-refractivity contribution is -0.117. The molecule has 128 valence electrons. The van der Waals surface area contributed by atoms with Gasteiger partial charge in [-0.1, -0.05) is 6.07 Å². The molecule has 1 unspecified atom stereocenters. The molecule has 5 nitrogen and oxygen atoms in total. The molecule has 0 aliphatic heterocycles. The van der Waals surface area contributed by atoms with Crippen LogP contribution in [0.2, 0.25) is 0 Å². The highest BCUT2D eigenvalue weighted by Gasteiger charge is 2.18. The maximum Gasteiger partial charge on any atom is 0.261 e. The van der Waals surface area contributed by atoms with Gasteiger partial charge in [0.1, 0.15) is 11.9 Å². The molecule has 1 atom stereocenters. The summed E-state index contributed by atoms with van der Waals surface area (Å²) in [5.74, 6) is -0.962. The molecular formula is C17H14FN3O2S2. The monoisotopic (exact) mass is 375 g/mol. The number of anilines is 1. The molecule has 2 heterocycles. The Morgan fingerprint density at radius 2 is 1.92 bits per heavy atom. The van der Waals surface area contributed by atoms with Crippen LogP contribution in [0.15, 0.2) is 47.2 Å². The Labute approximate surface area is 151 Å². The Hall–Kier alpha value is -2.58. The Morgan fingerprint density at radius 1 is 1.16 bits per heavy atom. The lowest BCUT2D eigenvalue weighted by Gasteiger charge is -2.12. The molecule has 2 N–H and O–H groups in total. The van der Waals surface area contributed by atoms with Crippen LogP contribution in [0.5, 0.6) is 0 Å². The highest BCUT2D eigenvalue weighted by atomic mass is 32.1. The minimum absolute atomic E-state index is 0.288. The van der Waals surface area contributed by atoms with Gasteiger partial charge in [0.2, 0.25) is 5.91 Å². The molecule has 0 fully saturated rings. The first kappa shape index (κ1) is 17.2. The third-order valence-electron chi connectivity index (χ3n) is 3.36. The standard InChI is InChI=1S/C17H14FN3O2S2/c1-10(19-16(23)14-3-2-8-24-14)15(22)21-17-20-13(9-25-17)11-4-6-12(18)7-5-11/h2-10H,1H3,(H,19,23)(H,20,21,22). The first-order valence-corrected chi connectivity index (χ1v) is 9.15. The van der Waals surface area contributed by atoms with Crippen LogP contribution in [-0.4, -0.2) is 22.8 Å². The number of benzene rings is 1. The van der Waals surface area contributed by atoms with Crippen molar-refractivity contribution in [3.8, 4) is 11.3 Å². The quantitative estimate of drug-likeness (QED) is 0.713.